The van der Waals surface area contributed by atoms with Crippen molar-refractivity contribution in [2.24, 2.45) is 5.92 Å². The SMILES string of the molecule is COC(=O)[C@]1(C)OC[C@@H](Cc2ccc(OCCN(C)c3ccccn3)cc2)CO1. The molecule has 0 N–H and O–H groups in total. The second-order valence-electron chi connectivity index (χ2n) is 7.23. The van der Waals surface area contributed by atoms with Gasteiger partial charge in [0.1, 0.15) is 18.2 Å². The Kier molecular flexibility index (Phi) is 7.06. The van der Waals surface area contributed by atoms with Gasteiger partial charge in [0.15, 0.2) is 0 Å². The Labute approximate surface area is 171 Å². The highest BCUT2D eigenvalue weighted by Crippen LogP contribution is 2.25. The molecule has 0 unspecified atom stereocenters. The molecule has 7 heteroatoms. The van der Waals surface area contributed by atoms with Crippen molar-refractivity contribution < 1.29 is 23.7 Å². The van der Waals surface area contributed by atoms with Crippen LogP contribution in [-0.4, -0.2) is 57.3 Å². The number of anilines is 1. The standard InChI is InChI=1S/C22H28N2O5/c1-22(21(25)26-3)28-15-18(16-29-22)14-17-7-9-19(10-8-17)27-13-12-24(2)20-6-4-5-11-23-20/h4-11,18H,12-16H2,1-3H3/t18-,22-. The molecule has 3 rings (SSSR count). The van der Waals surface area contributed by atoms with Crippen LogP contribution in [0.1, 0.15) is 12.5 Å². The fourth-order valence-electron chi connectivity index (χ4n) is 3.11. The van der Waals surface area contributed by atoms with Crippen LogP contribution in [0.15, 0.2) is 48.7 Å². The van der Waals surface area contributed by atoms with Crippen molar-refractivity contribution in [1.82, 2.24) is 4.98 Å². The van der Waals surface area contributed by atoms with E-state index in [-0.39, 0.29) is 5.92 Å². The first-order valence-corrected chi connectivity index (χ1v) is 9.70. The number of ether oxygens (including phenoxy) is 4. The van der Waals surface area contributed by atoms with Crippen molar-refractivity contribution in [3.63, 3.8) is 0 Å². The van der Waals surface area contributed by atoms with Gasteiger partial charge in [-0.3, -0.25) is 0 Å². The maximum absolute atomic E-state index is 11.7. The maximum atomic E-state index is 11.7. The van der Waals surface area contributed by atoms with Gasteiger partial charge >= 0.3 is 5.97 Å². The van der Waals surface area contributed by atoms with E-state index in [1.54, 1.807) is 13.1 Å². The van der Waals surface area contributed by atoms with Crippen LogP contribution in [0, 0.1) is 5.92 Å². The number of esters is 1. The largest absolute Gasteiger partial charge is 0.492 e. The predicted molar refractivity (Wildman–Crippen MR) is 109 cm³/mol. The monoisotopic (exact) mass is 400 g/mol. The van der Waals surface area contributed by atoms with Crippen molar-refractivity contribution in [3.8, 4) is 5.75 Å². The molecule has 1 aromatic carbocycles. The third-order valence-electron chi connectivity index (χ3n) is 4.93. The topological polar surface area (TPSA) is 70.1 Å². The number of methoxy groups -OCH3 is 1. The lowest BCUT2D eigenvalue weighted by atomic mass is 9.99. The van der Waals surface area contributed by atoms with Crippen molar-refractivity contribution >= 4 is 11.8 Å². The van der Waals surface area contributed by atoms with Crippen molar-refractivity contribution in [3.05, 3.63) is 54.2 Å². The molecule has 0 radical (unpaired) electrons. The van der Waals surface area contributed by atoms with E-state index in [0.29, 0.717) is 19.8 Å². The Balaban J connectivity index is 1.42. The average molecular weight is 400 g/mol. The highest BCUT2D eigenvalue weighted by molar-refractivity contribution is 5.77. The summed E-state index contributed by atoms with van der Waals surface area (Å²) >= 11 is 0. The summed E-state index contributed by atoms with van der Waals surface area (Å²) in [6, 6.07) is 13.9. The summed E-state index contributed by atoms with van der Waals surface area (Å²) in [4.78, 5) is 18.1. The number of likely N-dealkylation sites (N-methyl/N-ethyl adjacent to an activating group) is 1. The number of aromatic nitrogens is 1. The van der Waals surface area contributed by atoms with Gasteiger partial charge in [0, 0.05) is 26.1 Å². The van der Waals surface area contributed by atoms with Crippen LogP contribution in [0.25, 0.3) is 0 Å². The molecular formula is C22H28N2O5. The summed E-state index contributed by atoms with van der Waals surface area (Å²) in [5.41, 5.74) is 1.17. The first-order valence-electron chi connectivity index (χ1n) is 9.70. The van der Waals surface area contributed by atoms with Crippen molar-refractivity contribution in [1.29, 1.82) is 0 Å². The van der Waals surface area contributed by atoms with Crippen LogP contribution < -0.4 is 9.64 Å². The van der Waals surface area contributed by atoms with Gasteiger partial charge in [0.05, 0.1) is 26.9 Å². The molecule has 0 spiro atoms. The van der Waals surface area contributed by atoms with Crippen LogP contribution in [0.5, 0.6) is 5.75 Å². The molecule has 1 fully saturated rings. The van der Waals surface area contributed by atoms with E-state index in [2.05, 4.69) is 9.88 Å². The van der Waals surface area contributed by atoms with Gasteiger partial charge in [-0.1, -0.05) is 18.2 Å². The lowest BCUT2D eigenvalue weighted by Crippen LogP contribution is -2.48. The fourth-order valence-corrected chi connectivity index (χ4v) is 3.11. The van der Waals surface area contributed by atoms with E-state index < -0.39 is 11.8 Å². The smallest absolute Gasteiger partial charge is 0.366 e. The van der Waals surface area contributed by atoms with Crippen LogP contribution in [0.3, 0.4) is 0 Å². The van der Waals surface area contributed by atoms with Gasteiger partial charge in [-0.15, -0.1) is 0 Å². The summed E-state index contributed by atoms with van der Waals surface area (Å²) in [6.45, 7) is 3.80. The Bertz CT molecular complexity index is 774. The van der Waals surface area contributed by atoms with E-state index in [1.807, 2.05) is 49.5 Å². The summed E-state index contributed by atoms with van der Waals surface area (Å²) in [5.74, 6) is 0.132. The molecule has 1 aliphatic heterocycles. The zero-order valence-electron chi connectivity index (χ0n) is 17.2. The lowest BCUT2D eigenvalue weighted by molar-refractivity contribution is -0.272. The van der Waals surface area contributed by atoms with E-state index in [1.165, 1.54) is 12.7 Å². The number of carbonyl (C=O) groups excluding carboxylic acids is 1. The molecule has 156 valence electrons. The Morgan fingerprint density at radius 1 is 1.21 bits per heavy atom. The second kappa shape index (κ2) is 9.71. The molecule has 2 aromatic rings. The molecule has 1 aromatic heterocycles. The summed E-state index contributed by atoms with van der Waals surface area (Å²) < 4.78 is 21.8. The van der Waals surface area contributed by atoms with E-state index in [0.717, 1.165) is 24.5 Å². The number of hydrogen-bond acceptors (Lipinski definition) is 7. The van der Waals surface area contributed by atoms with E-state index in [4.69, 9.17) is 18.9 Å². The third kappa shape index (κ3) is 5.68. The zero-order valence-corrected chi connectivity index (χ0v) is 17.2. The summed E-state index contributed by atoms with van der Waals surface area (Å²) in [7, 11) is 3.32. The second-order valence-corrected chi connectivity index (χ2v) is 7.23. The molecule has 29 heavy (non-hydrogen) atoms. The van der Waals surface area contributed by atoms with Gasteiger partial charge < -0.3 is 23.8 Å². The predicted octanol–water partition coefficient (Wildman–Crippen LogP) is 2.69. The van der Waals surface area contributed by atoms with E-state index in [9.17, 15) is 4.79 Å². The van der Waals surface area contributed by atoms with Crippen LogP contribution >= 0.6 is 0 Å². The minimum Gasteiger partial charge on any atom is -0.492 e. The average Bonchev–Trinajstić information content (AvgIpc) is 2.76. The number of nitrogens with zero attached hydrogens (tertiary/aromatic N) is 2. The summed E-state index contributed by atoms with van der Waals surface area (Å²) in [6.07, 6.45) is 2.59. The number of rotatable bonds is 8. The molecule has 0 bridgehead atoms. The molecular weight excluding hydrogens is 372 g/mol. The van der Waals surface area contributed by atoms with Crippen LogP contribution in [-0.2, 0) is 25.4 Å². The van der Waals surface area contributed by atoms with Gasteiger partial charge in [-0.25, -0.2) is 9.78 Å². The number of pyridine rings is 1. The molecule has 1 saturated heterocycles. The Hall–Kier alpha value is -2.64. The first-order chi connectivity index (χ1) is 14.0. The lowest BCUT2D eigenvalue weighted by Gasteiger charge is -2.35. The number of hydrogen-bond donors (Lipinski definition) is 0. The number of carbonyl (C=O) groups is 1. The number of benzene rings is 1. The quantitative estimate of drug-likeness (QED) is 0.631. The molecule has 0 saturated carbocycles. The summed E-state index contributed by atoms with van der Waals surface area (Å²) in [5, 5.41) is 0. The molecule has 1 aliphatic rings. The van der Waals surface area contributed by atoms with Gasteiger partial charge in [0.25, 0.3) is 5.79 Å². The molecule has 7 nitrogen and oxygen atoms in total. The Morgan fingerprint density at radius 3 is 2.55 bits per heavy atom. The Morgan fingerprint density at radius 2 is 1.93 bits per heavy atom. The maximum Gasteiger partial charge on any atom is 0.366 e. The first kappa shape index (κ1) is 21.1. The van der Waals surface area contributed by atoms with E-state index >= 15 is 0 Å². The van der Waals surface area contributed by atoms with Gasteiger partial charge in [0.2, 0.25) is 0 Å². The van der Waals surface area contributed by atoms with Gasteiger partial charge in [-0.05, 0) is 36.2 Å². The van der Waals surface area contributed by atoms with Crippen LogP contribution in [0.4, 0.5) is 5.82 Å². The zero-order chi connectivity index (χ0) is 20.7. The third-order valence-corrected chi connectivity index (χ3v) is 4.93. The van der Waals surface area contributed by atoms with Crippen molar-refractivity contribution in [2.75, 3.05) is 45.4 Å². The van der Waals surface area contributed by atoms with Crippen molar-refractivity contribution in [2.45, 2.75) is 19.1 Å². The van der Waals surface area contributed by atoms with Crippen LogP contribution in [0.2, 0.25) is 0 Å². The van der Waals surface area contributed by atoms with Gasteiger partial charge in [-0.2, -0.15) is 0 Å². The minimum absolute atomic E-state index is 0.187. The highest BCUT2D eigenvalue weighted by atomic mass is 16.7. The molecule has 0 amide bonds. The minimum atomic E-state index is -1.30. The highest BCUT2D eigenvalue weighted by Gasteiger charge is 2.41. The normalized spacial score (nSPS) is 21.4. The molecule has 2 heterocycles. The molecule has 0 aliphatic carbocycles. The fraction of sp³-hybridized carbons (Fsp3) is 0.455. The molecule has 0 atom stereocenters.